The molecule has 1 aromatic carbocycles. The van der Waals surface area contributed by atoms with Gasteiger partial charge in [-0.2, -0.15) is 0 Å². The van der Waals surface area contributed by atoms with Gasteiger partial charge in [-0.1, -0.05) is 32.4 Å². The molecule has 0 spiro atoms. The molecule has 2 unspecified atom stereocenters. The highest BCUT2D eigenvalue weighted by molar-refractivity contribution is 5.29. The number of likely N-dealkylation sites (tertiary alicyclic amines) is 1. The third kappa shape index (κ3) is 5.01. The van der Waals surface area contributed by atoms with Crippen LogP contribution in [0.25, 0.3) is 0 Å². The molecule has 3 nitrogen and oxygen atoms in total. The molecular weight excluding hydrogens is 260 g/mol. The van der Waals surface area contributed by atoms with Crippen molar-refractivity contribution in [3.8, 4) is 5.75 Å². The molecule has 1 aliphatic heterocycles. The fraction of sp³-hybridized carbons (Fsp3) is 0.667. The Bertz CT molecular complexity index is 404. The van der Waals surface area contributed by atoms with Crippen molar-refractivity contribution in [2.75, 3.05) is 26.2 Å². The highest BCUT2D eigenvalue weighted by atomic mass is 16.5. The number of ether oxygens (including phenoxy) is 1. The summed E-state index contributed by atoms with van der Waals surface area (Å²) < 4.78 is 5.62. The zero-order valence-corrected chi connectivity index (χ0v) is 13.6. The fourth-order valence-corrected chi connectivity index (χ4v) is 3.07. The van der Waals surface area contributed by atoms with E-state index in [9.17, 15) is 0 Å². The SMILES string of the molecule is CCCOc1ccc(C(N)CN2CCCC(CC)C2)cc1. The van der Waals surface area contributed by atoms with Gasteiger partial charge >= 0.3 is 0 Å². The molecule has 1 heterocycles. The Kier molecular flexibility index (Phi) is 6.52. The molecule has 1 aromatic rings. The minimum atomic E-state index is 0.0980. The normalized spacial score (nSPS) is 21.2. The van der Waals surface area contributed by atoms with Crippen LogP contribution in [0.15, 0.2) is 24.3 Å². The molecule has 0 saturated carbocycles. The van der Waals surface area contributed by atoms with Crippen molar-refractivity contribution in [2.45, 2.75) is 45.6 Å². The Balaban J connectivity index is 1.86. The van der Waals surface area contributed by atoms with E-state index in [0.29, 0.717) is 0 Å². The maximum atomic E-state index is 6.38. The number of hydrogen-bond donors (Lipinski definition) is 1. The van der Waals surface area contributed by atoms with Gasteiger partial charge in [-0.3, -0.25) is 0 Å². The van der Waals surface area contributed by atoms with Crippen molar-refractivity contribution >= 4 is 0 Å². The van der Waals surface area contributed by atoms with Crippen LogP contribution in [-0.2, 0) is 0 Å². The number of benzene rings is 1. The van der Waals surface area contributed by atoms with E-state index in [1.165, 1.54) is 37.9 Å². The smallest absolute Gasteiger partial charge is 0.119 e. The lowest BCUT2D eigenvalue weighted by Gasteiger charge is -2.33. The van der Waals surface area contributed by atoms with Crippen molar-refractivity contribution in [3.63, 3.8) is 0 Å². The monoisotopic (exact) mass is 290 g/mol. The van der Waals surface area contributed by atoms with E-state index in [-0.39, 0.29) is 6.04 Å². The molecule has 0 bridgehead atoms. The van der Waals surface area contributed by atoms with Crippen LogP contribution in [0.5, 0.6) is 5.75 Å². The topological polar surface area (TPSA) is 38.5 Å². The van der Waals surface area contributed by atoms with Crippen LogP contribution in [0.2, 0.25) is 0 Å². The molecule has 0 aromatic heterocycles. The predicted molar refractivity (Wildman–Crippen MR) is 88.6 cm³/mol. The first-order valence-electron chi connectivity index (χ1n) is 8.43. The van der Waals surface area contributed by atoms with Gasteiger partial charge in [0.1, 0.15) is 5.75 Å². The Morgan fingerprint density at radius 2 is 2.05 bits per heavy atom. The van der Waals surface area contributed by atoms with Crippen molar-refractivity contribution < 1.29 is 4.74 Å². The summed E-state index contributed by atoms with van der Waals surface area (Å²) in [6.45, 7) is 8.56. The van der Waals surface area contributed by atoms with Gasteiger partial charge in [0.05, 0.1) is 6.61 Å². The van der Waals surface area contributed by atoms with Gasteiger partial charge in [-0.25, -0.2) is 0 Å². The van der Waals surface area contributed by atoms with Gasteiger partial charge < -0.3 is 15.4 Å². The maximum Gasteiger partial charge on any atom is 0.119 e. The molecule has 21 heavy (non-hydrogen) atoms. The third-order valence-corrected chi connectivity index (χ3v) is 4.42. The molecular formula is C18H30N2O. The standard InChI is InChI=1S/C18H30N2O/c1-3-12-21-17-9-7-16(8-10-17)18(19)14-20-11-5-6-15(4-2)13-20/h7-10,15,18H,3-6,11-14,19H2,1-2H3. The molecule has 0 radical (unpaired) electrons. The van der Waals surface area contributed by atoms with Gasteiger partial charge in [0.2, 0.25) is 0 Å². The van der Waals surface area contributed by atoms with E-state index >= 15 is 0 Å². The lowest BCUT2D eigenvalue weighted by Crippen LogP contribution is -2.39. The summed E-state index contributed by atoms with van der Waals surface area (Å²) in [7, 11) is 0. The molecule has 2 N–H and O–H groups in total. The zero-order chi connectivity index (χ0) is 15.1. The summed E-state index contributed by atoms with van der Waals surface area (Å²) >= 11 is 0. The van der Waals surface area contributed by atoms with Crippen molar-refractivity contribution in [2.24, 2.45) is 11.7 Å². The van der Waals surface area contributed by atoms with Gasteiger partial charge in [-0.15, -0.1) is 0 Å². The second-order valence-electron chi connectivity index (χ2n) is 6.20. The van der Waals surface area contributed by atoms with E-state index in [1.54, 1.807) is 0 Å². The first-order chi connectivity index (χ1) is 10.2. The average molecular weight is 290 g/mol. The Morgan fingerprint density at radius 3 is 2.71 bits per heavy atom. The van der Waals surface area contributed by atoms with E-state index in [2.05, 4.69) is 30.9 Å². The third-order valence-electron chi connectivity index (χ3n) is 4.42. The van der Waals surface area contributed by atoms with Crippen LogP contribution in [-0.4, -0.2) is 31.1 Å². The summed E-state index contributed by atoms with van der Waals surface area (Å²) in [5.41, 5.74) is 7.59. The molecule has 2 atom stereocenters. The molecule has 0 amide bonds. The summed E-state index contributed by atoms with van der Waals surface area (Å²) in [6, 6.07) is 8.39. The van der Waals surface area contributed by atoms with Crippen LogP contribution in [0.3, 0.4) is 0 Å². The maximum absolute atomic E-state index is 6.38. The molecule has 0 aliphatic carbocycles. The number of nitrogens with zero attached hydrogens (tertiary/aromatic N) is 1. The minimum absolute atomic E-state index is 0.0980. The molecule has 3 heteroatoms. The number of hydrogen-bond acceptors (Lipinski definition) is 3. The van der Waals surface area contributed by atoms with E-state index < -0.39 is 0 Å². The molecule has 118 valence electrons. The highest BCUT2D eigenvalue weighted by Crippen LogP contribution is 2.22. The van der Waals surface area contributed by atoms with Crippen LogP contribution in [0, 0.1) is 5.92 Å². The van der Waals surface area contributed by atoms with Crippen LogP contribution >= 0.6 is 0 Å². The summed E-state index contributed by atoms with van der Waals surface area (Å²) in [5.74, 6) is 1.80. The Labute approximate surface area is 129 Å². The van der Waals surface area contributed by atoms with Gasteiger partial charge in [0, 0.05) is 19.1 Å². The van der Waals surface area contributed by atoms with Crippen LogP contribution in [0.4, 0.5) is 0 Å². The number of rotatable bonds is 7. The molecule has 2 rings (SSSR count). The van der Waals surface area contributed by atoms with Gasteiger partial charge in [0.15, 0.2) is 0 Å². The molecule has 1 saturated heterocycles. The predicted octanol–water partition coefficient (Wildman–Crippen LogP) is 3.60. The van der Waals surface area contributed by atoms with Crippen LogP contribution < -0.4 is 10.5 Å². The van der Waals surface area contributed by atoms with Crippen molar-refractivity contribution in [1.29, 1.82) is 0 Å². The van der Waals surface area contributed by atoms with E-state index in [4.69, 9.17) is 10.5 Å². The average Bonchev–Trinajstić information content (AvgIpc) is 2.53. The highest BCUT2D eigenvalue weighted by Gasteiger charge is 2.20. The van der Waals surface area contributed by atoms with Crippen molar-refractivity contribution in [1.82, 2.24) is 4.90 Å². The lowest BCUT2D eigenvalue weighted by molar-refractivity contribution is 0.163. The Morgan fingerprint density at radius 1 is 1.29 bits per heavy atom. The first-order valence-corrected chi connectivity index (χ1v) is 8.43. The summed E-state index contributed by atoms with van der Waals surface area (Å²) in [5, 5.41) is 0. The quantitative estimate of drug-likeness (QED) is 0.834. The Hall–Kier alpha value is -1.06. The van der Waals surface area contributed by atoms with Crippen LogP contribution in [0.1, 0.15) is 51.1 Å². The first kappa shape index (κ1) is 16.3. The zero-order valence-electron chi connectivity index (χ0n) is 13.6. The van der Waals surface area contributed by atoms with E-state index in [1.807, 2.05) is 12.1 Å². The lowest BCUT2D eigenvalue weighted by atomic mass is 9.95. The summed E-state index contributed by atoms with van der Waals surface area (Å²) in [6.07, 6.45) is 5.02. The van der Waals surface area contributed by atoms with Crippen molar-refractivity contribution in [3.05, 3.63) is 29.8 Å². The molecule has 1 fully saturated rings. The van der Waals surface area contributed by atoms with E-state index in [0.717, 1.165) is 31.2 Å². The second kappa shape index (κ2) is 8.40. The van der Waals surface area contributed by atoms with Gasteiger partial charge in [0.25, 0.3) is 0 Å². The number of piperidine rings is 1. The molecule has 1 aliphatic rings. The fourth-order valence-electron chi connectivity index (χ4n) is 3.07. The summed E-state index contributed by atoms with van der Waals surface area (Å²) in [4.78, 5) is 2.53. The van der Waals surface area contributed by atoms with Gasteiger partial charge in [-0.05, 0) is 49.4 Å². The minimum Gasteiger partial charge on any atom is -0.494 e. The second-order valence-corrected chi connectivity index (χ2v) is 6.20. The number of nitrogens with two attached hydrogens (primary N) is 1. The largest absolute Gasteiger partial charge is 0.494 e.